The Bertz CT molecular complexity index is 1490. The molecule has 232 valence electrons. The van der Waals surface area contributed by atoms with E-state index in [1.54, 1.807) is 24.3 Å². The fraction of sp³-hybridized carbons (Fsp3) is 0.586. The van der Waals surface area contributed by atoms with Crippen molar-refractivity contribution in [2.24, 2.45) is 5.92 Å². The number of carbonyl (C=O) groups is 2. The lowest BCUT2D eigenvalue weighted by Gasteiger charge is -2.49. The van der Waals surface area contributed by atoms with Gasteiger partial charge in [-0.15, -0.1) is 0 Å². The molecule has 3 fully saturated rings. The Balaban J connectivity index is 1.36. The molecule has 1 aromatic carbocycles. The molecule has 6 rings (SSSR count). The second-order valence-electron chi connectivity index (χ2n) is 11.7. The summed E-state index contributed by atoms with van der Waals surface area (Å²) in [7, 11) is 0. The SMILES string of the molecule is CCn1nccc1C(=O)NC(c1nc2cc(C3(N4CC(F)(F)CNC4=O)CCOCC3)ccc2o1)C1CCC(F)(F)CC1. The molecule has 43 heavy (non-hydrogen) atoms. The third-order valence-electron chi connectivity index (χ3n) is 8.95. The molecule has 14 heteroatoms. The maximum Gasteiger partial charge on any atom is 0.318 e. The largest absolute Gasteiger partial charge is 0.438 e. The van der Waals surface area contributed by atoms with Gasteiger partial charge < -0.3 is 24.7 Å². The second kappa shape index (κ2) is 11.1. The number of alkyl halides is 4. The summed E-state index contributed by atoms with van der Waals surface area (Å²) in [6.07, 6.45) is 1.84. The number of hydrogen-bond donors (Lipinski definition) is 2. The van der Waals surface area contributed by atoms with Crippen molar-refractivity contribution in [2.45, 2.75) is 75.4 Å². The van der Waals surface area contributed by atoms with Gasteiger partial charge in [0.15, 0.2) is 5.58 Å². The van der Waals surface area contributed by atoms with Crippen molar-refractivity contribution in [1.29, 1.82) is 0 Å². The lowest BCUT2D eigenvalue weighted by molar-refractivity contribution is -0.0868. The molecule has 2 aromatic heterocycles. The summed E-state index contributed by atoms with van der Waals surface area (Å²) in [5.41, 5.74) is 0.668. The zero-order valence-electron chi connectivity index (χ0n) is 23.8. The van der Waals surface area contributed by atoms with Crippen LogP contribution in [0.25, 0.3) is 11.1 Å². The van der Waals surface area contributed by atoms with Crippen LogP contribution in [0.2, 0.25) is 0 Å². The van der Waals surface area contributed by atoms with Crippen LogP contribution in [0.4, 0.5) is 22.4 Å². The summed E-state index contributed by atoms with van der Waals surface area (Å²) < 4.78 is 70.3. The van der Waals surface area contributed by atoms with E-state index in [1.807, 2.05) is 6.92 Å². The van der Waals surface area contributed by atoms with E-state index in [0.29, 0.717) is 41.7 Å². The van der Waals surface area contributed by atoms with E-state index in [0.717, 1.165) is 0 Å². The molecule has 4 heterocycles. The van der Waals surface area contributed by atoms with Crippen molar-refractivity contribution < 1.29 is 36.3 Å². The number of aromatic nitrogens is 3. The topological polar surface area (TPSA) is 115 Å². The van der Waals surface area contributed by atoms with Gasteiger partial charge in [-0.3, -0.25) is 9.48 Å². The number of nitrogens with zero attached hydrogens (tertiary/aromatic N) is 4. The Morgan fingerprint density at radius 3 is 2.58 bits per heavy atom. The number of urea groups is 1. The lowest BCUT2D eigenvalue weighted by atomic mass is 9.80. The van der Waals surface area contributed by atoms with Crippen molar-refractivity contribution in [2.75, 3.05) is 26.3 Å². The Morgan fingerprint density at radius 1 is 1.12 bits per heavy atom. The Kier molecular flexibility index (Phi) is 7.59. The summed E-state index contributed by atoms with van der Waals surface area (Å²) >= 11 is 0. The Labute approximate surface area is 245 Å². The zero-order chi connectivity index (χ0) is 30.4. The Morgan fingerprint density at radius 2 is 1.86 bits per heavy atom. The normalized spacial score (nSPS) is 22.7. The minimum atomic E-state index is -3.10. The van der Waals surface area contributed by atoms with E-state index in [1.165, 1.54) is 15.8 Å². The first-order valence-corrected chi connectivity index (χ1v) is 14.6. The van der Waals surface area contributed by atoms with Crippen LogP contribution >= 0.6 is 0 Å². The minimum absolute atomic E-state index is 0.163. The number of aryl methyl sites for hydroxylation is 1. The van der Waals surface area contributed by atoms with Gasteiger partial charge in [0.1, 0.15) is 17.3 Å². The van der Waals surface area contributed by atoms with Crippen LogP contribution in [-0.4, -0.2) is 69.8 Å². The fourth-order valence-corrected chi connectivity index (χ4v) is 6.57. The number of ether oxygens (including phenoxy) is 1. The molecule has 2 aliphatic heterocycles. The number of oxazole rings is 1. The second-order valence-corrected chi connectivity index (χ2v) is 11.7. The van der Waals surface area contributed by atoms with Gasteiger partial charge in [-0.25, -0.2) is 27.3 Å². The van der Waals surface area contributed by atoms with Crippen LogP contribution in [0.3, 0.4) is 0 Å². The highest BCUT2D eigenvalue weighted by atomic mass is 19.3. The quantitative estimate of drug-likeness (QED) is 0.366. The lowest BCUT2D eigenvalue weighted by Crippen LogP contribution is -2.64. The first kappa shape index (κ1) is 29.4. The molecule has 3 aliphatic rings. The van der Waals surface area contributed by atoms with Crippen LogP contribution in [0, 0.1) is 5.92 Å². The predicted octanol–water partition coefficient (Wildman–Crippen LogP) is 5.01. The van der Waals surface area contributed by atoms with E-state index >= 15 is 0 Å². The fourth-order valence-electron chi connectivity index (χ4n) is 6.57. The number of benzene rings is 1. The van der Waals surface area contributed by atoms with Gasteiger partial charge in [0.2, 0.25) is 11.8 Å². The van der Waals surface area contributed by atoms with Crippen molar-refractivity contribution in [3.63, 3.8) is 0 Å². The molecular formula is C29H34F4N6O4. The molecule has 1 aliphatic carbocycles. The van der Waals surface area contributed by atoms with E-state index in [9.17, 15) is 27.2 Å². The molecule has 1 unspecified atom stereocenters. The summed E-state index contributed by atoms with van der Waals surface area (Å²) in [6.45, 7) is 1.44. The van der Waals surface area contributed by atoms with E-state index in [2.05, 4.69) is 15.7 Å². The number of nitrogens with one attached hydrogen (secondary N) is 2. The zero-order valence-corrected chi connectivity index (χ0v) is 23.8. The van der Waals surface area contributed by atoms with Gasteiger partial charge in [-0.05, 0) is 62.3 Å². The van der Waals surface area contributed by atoms with Crippen LogP contribution in [0.15, 0.2) is 34.9 Å². The average molecular weight is 607 g/mol. The minimum Gasteiger partial charge on any atom is -0.438 e. The molecule has 2 saturated heterocycles. The molecular weight excluding hydrogens is 572 g/mol. The summed E-state index contributed by atoms with van der Waals surface area (Å²) in [5.74, 6) is -6.48. The highest BCUT2D eigenvalue weighted by Crippen LogP contribution is 2.44. The molecule has 10 nitrogen and oxygen atoms in total. The van der Waals surface area contributed by atoms with Gasteiger partial charge in [0.25, 0.3) is 11.8 Å². The number of fused-ring (bicyclic) bond motifs is 1. The van der Waals surface area contributed by atoms with Gasteiger partial charge >= 0.3 is 6.03 Å². The molecule has 2 N–H and O–H groups in total. The molecule has 3 amide bonds. The smallest absolute Gasteiger partial charge is 0.318 e. The summed E-state index contributed by atoms with van der Waals surface area (Å²) in [6, 6.07) is 5.33. The molecule has 1 atom stereocenters. The van der Waals surface area contributed by atoms with Crippen molar-refractivity contribution in [3.05, 3.63) is 47.6 Å². The van der Waals surface area contributed by atoms with Crippen molar-refractivity contribution in [3.8, 4) is 0 Å². The predicted molar refractivity (Wildman–Crippen MR) is 146 cm³/mol. The van der Waals surface area contributed by atoms with Gasteiger partial charge in [0.05, 0.1) is 18.6 Å². The molecule has 1 saturated carbocycles. The summed E-state index contributed by atoms with van der Waals surface area (Å²) in [5, 5.41) is 9.42. The molecule has 3 aromatic rings. The van der Waals surface area contributed by atoms with E-state index < -0.39 is 48.5 Å². The number of amides is 3. The third-order valence-corrected chi connectivity index (χ3v) is 8.95. The first-order valence-electron chi connectivity index (χ1n) is 14.6. The standard InChI is InChI=1S/C29H34F4N6O4/c1-2-39-21(7-12-35-39)24(40)37-23(18-5-8-28(30,31)9-6-18)25-36-20-15-19(3-4-22(20)43-25)27(10-13-42-14-11-27)38-17-29(32,33)16-34-26(38)41/h3-4,7,12,15,18,23H,2,5-6,8-11,13-14,16-17H2,1H3,(H,34,41)(H,37,40). The van der Waals surface area contributed by atoms with Crippen LogP contribution in [0.1, 0.15) is 73.4 Å². The number of rotatable bonds is 7. The first-order chi connectivity index (χ1) is 20.5. The van der Waals surface area contributed by atoms with E-state index in [-0.39, 0.29) is 50.7 Å². The molecule has 0 radical (unpaired) electrons. The third kappa shape index (κ3) is 5.68. The van der Waals surface area contributed by atoms with Crippen LogP contribution < -0.4 is 10.6 Å². The number of carbonyl (C=O) groups excluding carboxylic acids is 2. The highest BCUT2D eigenvalue weighted by molar-refractivity contribution is 5.92. The van der Waals surface area contributed by atoms with E-state index in [4.69, 9.17) is 14.1 Å². The highest BCUT2D eigenvalue weighted by Gasteiger charge is 2.50. The molecule has 0 spiro atoms. The van der Waals surface area contributed by atoms with Crippen molar-refractivity contribution >= 4 is 23.0 Å². The summed E-state index contributed by atoms with van der Waals surface area (Å²) in [4.78, 5) is 32.1. The van der Waals surface area contributed by atoms with Crippen LogP contribution in [-0.2, 0) is 16.8 Å². The monoisotopic (exact) mass is 606 g/mol. The maximum absolute atomic E-state index is 14.5. The Hall–Kier alpha value is -3.68. The van der Waals surface area contributed by atoms with Gasteiger partial charge in [-0.2, -0.15) is 5.10 Å². The average Bonchev–Trinajstić information content (AvgIpc) is 3.64. The number of hydrogen-bond acceptors (Lipinski definition) is 6. The molecule has 0 bridgehead atoms. The van der Waals surface area contributed by atoms with Gasteiger partial charge in [-0.1, -0.05) is 6.07 Å². The van der Waals surface area contributed by atoms with Crippen molar-refractivity contribution in [1.82, 2.24) is 30.3 Å². The maximum atomic E-state index is 14.5. The van der Waals surface area contributed by atoms with Gasteiger partial charge in [0, 0.05) is 38.8 Å². The number of halogens is 4. The van der Waals surface area contributed by atoms with Crippen LogP contribution in [0.5, 0.6) is 0 Å².